The first kappa shape index (κ1) is 24.0. The summed E-state index contributed by atoms with van der Waals surface area (Å²) in [6.45, 7) is 2.06. The largest absolute Gasteiger partial charge is 0.493 e. The van der Waals surface area contributed by atoms with Crippen LogP contribution in [0.2, 0.25) is 0 Å². The zero-order valence-electron chi connectivity index (χ0n) is 15.8. The summed E-state index contributed by atoms with van der Waals surface area (Å²) in [6.07, 6.45) is 3.19. The van der Waals surface area contributed by atoms with Gasteiger partial charge in [0.1, 0.15) is 6.61 Å². The third-order valence-corrected chi connectivity index (χ3v) is 4.41. The van der Waals surface area contributed by atoms with Gasteiger partial charge in [-0.15, -0.1) is 24.8 Å². The van der Waals surface area contributed by atoms with Crippen molar-refractivity contribution in [3.05, 3.63) is 41.7 Å². The van der Waals surface area contributed by atoms with Gasteiger partial charge in [0, 0.05) is 49.9 Å². The van der Waals surface area contributed by atoms with Crippen LogP contribution in [0.3, 0.4) is 0 Å². The van der Waals surface area contributed by atoms with Crippen LogP contribution in [-0.4, -0.2) is 53.6 Å². The van der Waals surface area contributed by atoms with Crippen molar-refractivity contribution in [2.45, 2.75) is 12.7 Å². The molecule has 1 aromatic carbocycles. The fourth-order valence-corrected chi connectivity index (χ4v) is 2.89. The molecule has 8 nitrogen and oxygen atoms in total. The number of carbonyl (C=O) groups is 1. The molecule has 1 aliphatic heterocycles. The molecular weight excluding hydrogens is 407 g/mol. The van der Waals surface area contributed by atoms with Crippen molar-refractivity contribution in [2.75, 3.05) is 26.7 Å². The number of aliphatic hydroxyl groups is 1. The normalized spacial score (nSPS) is 18.0. The molecule has 1 aliphatic rings. The van der Waals surface area contributed by atoms with E-state index in [0.29, 0.717) is 43.3 Å². The van der Waals surface area contributed by atoms with E-state index >= 15 is 0 Å². The molecule has 0 saturated carbocycles. The number of ether oxygens (including phenoxy) is 2. The third kappa shape index (κ3) is 6.00. The van der Waals surface area contributed by atoms with Crippen molar-refractivity contribution < 1.29 is 19.4 Å². The first-order valence-electron chi connectivity index (χ1n) is 8.52. The van der Waals surface area contributed by atoms with Crippen molar-refractivity contribution in [3.63, 3.8) is 0 Å². The van der Waals surface area contributed by atoms with Crippen LogP contribution in [0.1, 0.15) is 15.9 Å². The number of rotatable bonds is 7. The van der Waals surface area contributed by atoms with E-state index in [9.17, 15) is 9.90 Å². The molecule has 3 N–H and O–H groups in total. The van der Waals surface area contributed by atoms with Gasteiger partial charge in [-0.25, -0.2) is 0 Å². The standard InChI is InChI=1S/C18H24N4O4.2ClH/c1-22-10-12(6-21-22)11-26-16-4-3-13(5-17(16)25-2)18(24)20-8-14-7-19-9-15(14)23;;/h3-6,10,14-15,19,23H,7-9,11H2,1-2H3,(H,20,24);2*1H. The number of halogens is 2. The summed E-state index contributed by atoms with van der Waals surface area (Å²) in [7, 11) is 3.38. The molecule has 2 aromatic rings. The number of hydrogen-bond donors (Lipinski definition) is 3. The summed E-state index contributed by atoms with van der Waals surface area (Å²) in [4.78, 5) is 12.3. The number of methoxy groups -OCH3 is 1. The van der Waals surface area contributed by atoms with Gasteiger partial charge < -0.3 is 25.2 Å². The Morgan fingerprint density at radius 3 is 2.75 bits per heavy atom. The van der Waals surface area contributed by atoms with Gasteiger partial charge in [-0.2, -0.15) is 5.10 Å². The Balaban J connectivity index is 0.00000196. The molecule has 28 heavy (non-hydrogen) atoms. The highest BCUT2D eigenvalue weighted by Crippen LogP contribution is 2.28. The number of nitrogens with one attached hydrogen (secondary N) is 2. The van der Waals surface area contributed by atoms with Crippen molar-refractivity contribution in [3.8, 4) is 11.5 Å². The number of nitrogens with zero attached hydrogens (tertiary/aromatic N) is 2. The second-order valence-corrected chi connectivity index (χ2v) is 6.37. The Hall–Kier alpha value is -2.00. The Bertz CT molecular complexity index is 772. The van der Waals surface area contributed by atoms with E-state index < -0.39 is 6.10 Å². The van der Waals surface area contributed by atoms with E-state index in [1.54, 1.807) is 29.1 Å². The average molecular weight is 433 g/mol. The molecule has 0 bridgehead atoms. The van der Waals surface area contributed by atoms with Crippen LogP contribution in [0.4, 0.5) is 0 Å². The number of carbonyl (C=O) groups excluding carboxylic acids is 1. The predicted molar refractivity (Wildman–Crippen MR) is 110 cm³/mol. The summed E-state index contributed by atoms with van der Waals surface area (Å²) in [6, 6.07) is 5.06. The quantitative estimate of drug-likeness (QED) is 0.607. The lowest BCUT2D eigenvalue weighted by molar-refractivity contribution is 0.0926. The average Bonchev–Trinajstić information content (AvgIpc) is 3.25. The van der Waals surface area contributed by atoms with Crippen LogP contribution in [0.5, 0.6) is 11.5 Å². The molecule has 1 saturated heterocycles. The summed E-state index contributed by atoms with van der Waals surface area (Å²) >= 11 is 0. The van der Waals surface area contributed by atoms with Gasteiger partial charge in [-0.1, -0.05) is 0 Å². The maximum absolute atomic E-state index is 12.3. The Morgan fingerprint density at radius 2 is 2.14 bits per heavy atom. The summed E-state index contributed by atoms with van der Waals surface area (Å²) in [5.41, 5.74) is 1.43. The van der Waals surface area contributed by atoms with Crippen molar-refractivity contribution in [1.29, 1.82) is 0 Å². The van der Waals surface area contributed by atoms with Gasteiger partial charge in [-0.05, 0) is 18.2 Å². The van der Waals surface area contributed by atoms with Crippen LogP contribution in [-0.2, 0) is 13.7 Å². The van der Waals surface area contributed by atoms with E-state index in [4.69, 9.17) is 9.47 Å². The first-order valence-corrected chi connectivity index (χ1v) is 8.52. The minimum atomic E-state index is -0.423. The summed E-state index contributed by atoms with van der Waals surface area (Å²) < 4.78 is 12.8. The zero-order chi connectivity index (χ0) is 18.5. The van der Waals surface area contributed by atoms with Crippen molar-refractivity contribution >= 4 is 30.7 Å². The third-order valence-electron chi connectivity index (χ3n) is 4.41. The Morgan fingerprint density at radius 1 is 1.36 bits per heavy atom. The summed E-state index contributed by atoms with van der Waals surface area (Å²) in [5, 5.41) is 19.8. The SMILES string of the molecule is COc1cc(C(=O)NCC2CNCC2O)ccc1OCc1cnn(C)c1.Cl.Cl. The van der Waals surface area contributed by atoms with E-state index in [2.05, 4.69) is 15.7 Å². The second-order valence-electron chi connectivity index (χ2n) is 6.37. The van der Waals surface area contributed by atoms with Gasteiger partial charge >= 0.3 is 0 Å². The van der Waals surface area contributed by atoms with Crippen LogP contribution >= 0.6 is 24.8 Å². The Kier molecular flexibility index (Phi) is 9.54. The van der Waals surface area contributed by atoms with Gasteiger partial charge in [0.15, 0.2) is 11.5 Å². The lowest BCUT2D eigenvalue weighted by Crippen LogP contribution is -2.34. The van der Waals surface area contributed by atoms with E-state index in [1.165, 1.54) is 7.11 Å². The molecule has 2 atom stereocenters. The fraction of sp³-hybridized carbons (Fsp3) is 0.444. The predicted octanol–water partition coefficient (Wildman–Crippen LogP) is 1.16. The highest BCUT2D eigenvalue weighted by molar-refractivity contribution is 5.94. The van der Waals surface area contributed by atoms with E-state index in [0.717, 1.165) is 5.56 Å². The van der Waals surface area contributed by atoms with Gasteiger partial charge in [0.2, 0.25) is 0 Å². The number of hydrogen-bond acceptors (Lipinski definition) is 6. The number of amides is 1. The van der Waals surface area contributed by atoms with Crippen LogP contribution < -0.4 is 20.1 Å². The molecule has 1 amide bonds. The van der Waals surface area contributed by atoms with Crippen molar-refractivity contribution in [2.24, 2.45) is 13.0 Å². The Labute approximate surface area is 176 Å². The fourth-order valence-electron chi connectivity index (χ4n) is 2.89. The number of benzene rings is 1. The molecule has 2 heterocycles. The smallest absolute Gasteiger partial charge is 0.251 e. The maximum atomic E-state index is 12.3. The molecular formula is C18H26Cl2N4O4. The van der Waals surface area contributed by atoms with E-state index in [1.807, 2.05) is 13.2 Å². The monoisotopic (exact) mass is 432 g/mol. The highest BCUT2D eigenvalue weighted by Gasteiger charge is 2.25. The zero-order valence-corrected chi connectivity index (χ0v) is 17.4. The van der Waals surface area contributed by atoms with E-state index in [-0.39, 0.29) is 36.6 Å². The molecule has 2 unspecified atom stereocenters. The van der Waals surface area contributed by atoms with Gasteiger partial charge in [0.05, 0.1) is 19.4 Å². The maximum Gasteiger partial charge on any atom is 0.251 e. The van der Waals surface area contributed by atoms with Crippen molar-refractivity contribution in [1.82, 2.24) is 20.4 Å². The molecule has 156 valence electrons. The number of aliphatic hydroxyl groups excluding tert-OH is 1. The minimum absolute atomic E-state index is 0. The molecule has 0 radical (unpaired) electrons. The molecule has 10 heteroatoms. The molecule has 1 aromatic heterocycles. The lowest BCUT2D eigenvalue weighted by atomic mass is 10.1. The number of aromatic nitrogens is 2. The molecule has 0 spiro atoms. The lowest BCUT2D eigenvalue weighted by Gasteiger charge is -2.15. The molecule has 3 rings (SSSR count). The molecule has 1 fully saturated rings. The summed E-state index contributed by atoms with van der Waals surface area (Å²) in [5.74, 6) is 0.872. The van der Waals surface area contributed by atoms with Crippen LogP contribution in [0, 0.1) is 5.92 Å². The van der Waals surface area contributed by atoms with Crippen LogP contribution in [0.15, 0.2) is 30.6 Å². The minimum Gasteiger partial charge on any atom is -0.493 e. The van der Waals surface area contributed by atoms with Crippen LogP contribution in [0.25, 0.3) is 0 Å². The number of aryl methyl sites for hydroxylation is 1. The van der Waals surface area contributed by atoms with Gasteiger partial charge in [0.25, 0.3) is 5.91 Å². The second kappa shape index (κ2) is 11.1. The number of β-amino-alcohol motifs (C(OH)–C–C–N with tert-alkyl or cyclic N) is 1. The highest BCUT2D eigenvalue weighted by atomic mass is 35.5. The molecule has 0 aliphatic carbocycles. The van der Waals surface area contributed by atoms with Gasteiger partial charge in [-0.3, -0.25) is 9.48 Å². The first-order chi connectivity index (χ1) is 12.6. The topological polar surface area (TPSA) is 97.6 Å².